The summed E-state index contributed by atoms with van der Waals surface area (Å²) in [5.41, 5.74) is 1.54. The number of nitrogens with one attached hydrogen (secondary N) is 2. The molecule has 3 N–H and O–H groups in total. The molecule has 0 atom stereocenters. The highest BCUT2D eigenvalue weighted by molar-refractivity contribution is 14.1. The van der Waals surface area contributed by atoms with E-state index in [0.29, 0.717) is 29.9 Å². The lowest BCUT2D eigenvalue weighted by atomic mass is 10.0. The van der Waals surface area contributed by atoms with Crippen LogP contribution >= 0.6 is 22.6 Å². The van der Waals surface area contributed by atoms with Crippen LogP contribution in [0.5, 0.6) is 0 Å². The Balaban J connectivity index is 2.30. The van der Waals surface area contributed by atoms with Gasteiger partial charge in [-0.3, -0.25) is 9.69 Å². The average Bonchev–Trinajstić information content (AvgIpc) is 2.66. The number of rotatable bonds is 7. The van der Waals surface area contributed by atoms with Crippen molar-refractivity contribution in [1.82, 2.24) is 15.2 Å². The number of halogens is 1. The van der Waals surface area contributed by atoms with E-state index in [9.17, 15) is 14.7 Å². The summed E-state index contributed by atoms with van der Waals surface area (Å²) in [5, 5.41) is 15.6. The summed E-state index contributed by atoms with van der Waals surface area (Å²) in [6.07, 6.45) is 1.31. The number of amides is 2. The molecule has 7 nitrogen and oxygen atoms in total. The van der Waals surface area contributed by atoms with Crippen molar-refractivity contribution < 1.29 is 14.7 Å². The summed E-state index contributed by atoms with van der Waals surface area (Å²) in [7, 11) is 1.69. The summed E-state index contributed by atoms with van der Waals surface area (Å²) >= 11 is 2.09. The Morgan fingerprint density at radius 1 is 1.21 bits per heavy atom. The molecule has 0 aliphatic heterocycles. The van der Waals surface area contributed by atoms with Crippen LogP contribution in [0, 0.1) is 3.57 Å². The van der Waals surface area contributed by atoms with Crippen LogP contribution in [-0.4, -0.2) is 46.1 Å². The van der Waals surface area contributed by atoms with Crippen LogP contribution < -0.4 is 10.6 Å². The van der Waals surface area contributed by atoms with Gasteiger partial charge in [0.2, 0.25) is 0 Å². The van der Waals surface area contributed by atoms with Gasteiger partial charge in [-0.25, -0.2) is 9.78 Å². The predicted molar refractivity (Wildman–Crippen MR) is 122 cm³/mol. The van der Waals surface area contributed by atoms with Gasteiger partial charge in [-0.05, 0) is 55.3 Å². The van der Waals surface area contributed by atoms with Crippen molar-refractivity contribution in [3.63, 3.8) is 0 Å². The molecule has 29 heavy (non-hydrogen) atoms. The molecule has 156 valence electrons. The maximum Gasteiger partial charge on any atom is 0.408 e. The van der Waals surface area contributed by atoms with Gasteiger partial charge in [0.1, 0.15) is 5.82 Å². The Morgan fingerprint density at radius 2 is 1.86 bits per heavy atom. The summed E-state index contributed by atoms with van der Waals surface area (Å²) in [6.45, 7) is 6.05. The zero-order valence-corrected chi connectivity index (χ0v) is 19.3. The number of benzene rings is 1. The van der Waals surface area contributed by atoms with E-state index < -0.39 is 11.6 Å². The van der Waals surface area contributed by atoms with E-state index in [1.165, 1.54) is 4.90 Å². The second kappa shape index (κ2) is 9.91. The van der Waals surface area contributed by atoms with Gasteiger partial charge in [-0.1, -0.05) is 30.3 Å². The van der Waals surface area contributed by atoms with Gasteiger partial charge in [-0.2, -0.15) is 0 Å². The van der Waals surface area contributed by atoms with Crippen molar-refractivity contribution in [2.75, 3.05) is 18.9 Å². The van der Waals surface area contributed by atoms with Crippen LogP contribution in [0.2, 0.25) is 0 Å². The molecule has 1 heterocycles. The maximum absolute atomic E-state index is 13.0. The third-order valence-electron chi connectivity index (χ3n) is 4.50. The van der Waals surface area contributed by atoms with Crippen LogP contribution in [0.15, 0.2) is 36.5 Å². The van der Waals surface area contributed by atoms with Crippen LogP contribution in [0.25, 0.3) is 0 Å². The Morgan fingerprint density at radius 3 is 2.41 bits per heavy atom. The largest absolute Gasteiger partial charge is 0.465 e. The third kappa shape index (κ3) is 6.06. The number of hydrogen-bond donors (Lipinski definition) is 3. The summed E-state index contributed by atoms with van der Waals surface area (Å²) < 4.78 is 0.741. The second-order valence-electron chi connectivity index (χ2n) is 7.59. The highest BCUT2D eigenvalue weighted by Crippen LogP contribution is 2.27. The first-order valence-electron chi connectivity index (χ1n) is 9.33. The number of aromatic nitrogens is 1. The zero-order valence-electron chi connectivity index (χ0n) is 17.1. The molecule has 0 fully saturated rings. The molecule has 2 amide bonds. The van der Waals surface area contributed by atoms with Gasteiger partial charge in [0, 0.05) is 34.5 Å². The highest BCUT2D eigenvalue weighted by Gasteiger charge is 2.30. The topological polar surface area (TPSA) is 94.6 Å². The molecule has 2 aromatic rings. The number of carbonyl (C=O) groups is 2. The Hall–Kier alpha value is -2.36. The number of pyridine rings is 1. The molecule has 1 aromatic heterocycles. The lowest BCUT2D eigenvalue weighted by Crippen LogP contribution is -2.45. The Bertz CT molecular complexity index is 866. The first-order chi connectivity index (χ1) is 13.6. The summed E-state index contributed by atoms with van der Waals surface area (Å²) in [4.78, 5) is 30.5. The minimum Gasteiger partial charge on any atom is -0.465 e. The SMILES string of the molecule is CNc1ncc(I)c(CN(C(=O)O)C(C)(C)C)c1C(=O)NCCc1ccccc1. The highest BCUT2D eigenvalue weighted by atomic mass is 127. The molecule has 0 bridgehead atoms. The van der Waals surface area contributed by atoms with E-state index in [0.717, 1.165) is 9.13 Å². The van der Waals surface area contributed by atoms with Gasteiger partial charge in [0.05, 0.1) is 12.1 Å². The van der Waals surface area contributed by atoms with Gasteiger partial charge < -0.3 is 15.7 Å². The van der Waals surface area contributed by atoms with E-state index >= 15 is 0 Å². The van der Waals surface area contributed by atoms with E-state index in [4.69, 9.17) is 0 Å². The Labute approximate surface area is 185 Å². The van der Waals surface area contributed by atoms with E-state index in [-0.39, 0.29) is 12.5 Å². The van der Waals surface area contributed by atoms with Crippen molar-refractivity contribution in [3.05, 3.63) is 56.8 Å². The molecule has 8 heteroatoms. The fourth-order valence-electron chi connectivity index (χ4n) is 2.92. The lowest BCUT2D eigenvalue weighted by molar-refractivity contribution is 0.0910. The van der Waals surface area contributed by atoms with E-state index in [2.05, 4.69) is 38.2 Å². The molecule has 1 aromatic carbocycles. The van der Waals surface area contributed by atoms with Crippen LogP contribution in [0.4, 0.5) is 10.6 Å². The molecule has 2 rings (SSSR count). The quantitative estimate of drug-likeness (QED) is 0.490. The molecule has 0 radical (unpaired) electrons. The third-order valence-corrected chi connectivity index (χ3v) is 5.43. The number of hydrogen-bond acceptors (Lipinski definition) is 4. The average molecular weight is 510 g/mol. The molecule has 0 saturated carbocycles. The summed E-state index contributed by atoms with van der Waals surface area (Å²) in [6, 6.07) is 9.90. The number of nitrogens with zero attached hydrogens (tertiary/aromatic N) is 2. The van der Waals surface area contributed by atoms with Gasteiger partial charge in [0.15, 0.2) is 0 Å². The minimum absolute atomic E-state index is 0.0930. The predicted octanol–water partition coefficient (Wildman–Crippen LogP) is 3.98. The fourth-order valence-corrected chi connectivity index (χ4v) is 3.50. The van der Waals surface area contributed by atoms with Crippen molar-refractivity contribution >= 4 is 40.4 Å². The van der Waals surface area contributed by atoms with Crippen molar-refractivity contribution in [1.29, 1.82) is 0 Å². The fraction of sp³-hybridized carbons (Fsp3) is 0.381. The van der Waals surface area contributed by atoms with E-state index in [1.54, 1.807) is 13.2 Å². The first-order valence-corrected chi connectivity index (χ1v) is 10.4. The van der Waals surface area contributed by atoms with Crippen molar-refractivity contribution in [2.45, 2.75) is 39.3 Å². The number of anilines is 1. The van der Waals surface area contributed by atoms with Gasteiger partial charge >= 0.3 is 6.09 Å². The molecule has 0 aliphatic rings. The standard InChI is InChI=1S/C21H27IN4O3/c1-21(2,3)26(20(28)29)13-15-16(22)12-25-18(23-4)17(15)19(27)24-11-10-14-8-6-5-7-9-14/h5-9,12H,10-11,13H2,1-4H3,(H,23,25)(H,24,27)(H,28,29). The molecular formula is C21H27IN4O3. The summed E-state index contributed by atoms with van der Waals surface area (Å²) in [5.74, 6) is 0.155. The van der Waals surface area contributed by atoms with Crippen LogP contribution in [0.1, 0.15) is 42.3 Å². The van der Waals surface area contributed by atoms with Crippen LogP contribution in [0.3, 0.4) is 0 Å². The molecule has 0 spiro atoms. The van der Waals surface area contributed by atoms with E-state index in [1.807, 2.05) is 51.1 Å². The Kier molecular flexibility index (Phi) is 7.83. The lowest BCUT2D eigenvalue weighted by Gasteiger charge is -2.34. The van der Waals surface area contributed by atoms with Gasteiger partial charge in [-0.15, -0.1) is 0 Å². The normalized spacial score (nSPS) is 11.1. The molecule has 0 aliphatic carbocycles. The second-order valence-corrected chi connectivity index (χ2v) is 8.75. The van der Waals surface area contributed by atoms with Crippen molar-refractivity contribution in [2.24, 2.45) is 0 Å². The minimum atomic E-state index is -1.04. The molecular weight excluding hydrogens is 483 g/mol. The van der Waals surface area contributed by atoms with Crippen LogP contribution in [-0.2, 0) is 13.0 Å². The number of carboxylic acid groups (broad SMARTS) is 1. The monoisotopic (exact) mass is 510 g/mol. The maximum atomic E-state index is 13.0. The smallest absolute Gasteiger partial charge is 0.408 e. The number of carbonyl (C=O) groups excluding carboxylic acids is 1. The molecule has 0 unspecified atom stereocenters. The van der Waals surface area contributed by atoms with Gasteiger partial charge in [0.25, 0.3) is 5.91 Å². The first kappa shape index (κ1) is 22.9. The molecule has 0 saturated heterocycles. The van der Waals surface area contributed by atoms with Crippen molar-refractivity contribution in [3.8, 4) is 0 Å². The zero-order chi connectivity index (χ0) is 21.6.